The summed E-state index contributed by atoms with van der Waals surface area (Å²) < 4.78 is 0. The van der Waals surface area contributed by atoms with Crippen molar-refractivity contribution < 1.29 is 0 Å². The fraction of sp³-hybridized carbons (Fsp3) is 0.308. The molecular formula is C13H16N2S. The van der Waals surface area contributed by atoms with E-state index >= 15 is 0 Å². The van der Waals surface area contributed by atoms with Crippen LogP contribution in [0.25, 0.3) is 11.3 Å². The van der Waals surface area contributed by atoms with Crippen LogP contribution in [0.5, 0.6) is 0 Å². The van der Waals surface area contributed by atoms with Gasteiger partial charge in [0.1, 0.15) is 10.7 Å². The summed E-state index contributed by atoms with van der Waals surface area (Å²) in [5, 5.41) is 1.92. The number of benzene rings is 1. The van der Waals surface area contributed by atoms with Crippen molar-refractivity contribution in [2.75, 3.05) is 5.73 Å². The van der Waals surface area contributed by atoms with Gasteiger partial charge in [-0.15, -0.1) is 11.3 Å². The maximum atomic E-state index is 5.98. The van der Waals surface area contributed by atoms with Gasteiger partial charge in [-0.2, -0.15) is 0 Å². The summed E-state index contributed by atoms with van der Waals surface area (Å²) in [5.74, 6) is 0. The summed E-state index contributed by atoms with van der Waals surface area (Å²) in [6.07, 6.45) is 2.01. The molecule has 0 aliphatic heterocycles. The third-order valence-corrected chi connectivity index (χ3v) is 3.66. The zero-order valence-corrected chi connectivity index (χ0v) is 10.5. The average Bonchev–Trinajstić information content (AvgIpc) is 2.71. The van der Waals surface area contributed by atoms with Gasteiger partial charge in [0.25, 0.3) is 0 Å². The zero-order valence-electron chi connectivity index (χ0n) is 9.66. The molecule has 0 atom stereocenters. The van der Waals surface area contributed by atoms with Crippen molar-refractivity contribution in [2.24, 2.45) is 0 Å². The normalized spacial score (nSPS) is 10.6. The Morgan fingerprint density at radius 1 is 1.12 bits per heavy atom. The van der Waals surface area contributed by atoms with E-state index in [1.165, 1.54) is 5.56 Å². The second kappa shape index (κ2) is 4.66. The number of nitrogens with zero attached hydrogens (tertiary/aromatic N) is 1. The number of anilines is 1. The number of thiazole rings is 1. The number of hydrogen-bond donors (Lipinski definition) is 1. The van der Waals surface area contributed by atoms with Crippen molar-refractivity contribution in [1.29, 1.82) is 0 Å². The number of aryl methyl sites for hydroxylation is 2. The van der Waals surface area contributed by atoms with Crippen molar-refractivity contribution in [2.45, 2.75) is 26.7 Å². The topological polar surface area (TPSA) is 38.9 Å². The van der Waals surface area contributed by atoms with Crippen molar-refractivity contribution >= 4 is 16.3 Å². The standard InChI is InChI=1S/C13H16N2S/c1-3-9-5-7-10(8-6-9)12-13(14)16-11(4-2)15-12/h5-8H,3-4,14H2,1-2H3. The van der Waals surface area contributed by atoms with Gasteiger partial charge in [0.15, 0.2) is 0 Å². The molecule has 0 radical (unpaired) electrons. The maximum Gasteiger partial charge on any atom is 0.114 e. The smallest absolute Gasteiger partial charge is 0.114 e. The molecule has 1 aromatic carbocycles. The first-order valence-electron chi connectivity index (χ1n) is 5.59. The van der Waals surface area contributed by atoms with Crippen LogP contribution >= 0.6 is 11.3 Å². The Labute approximate surface area is 100 Å². The highest BCUT2D eigenvalue weighted by molar-refractivity contribution is 7.16. The minimum absolute atomic E-state index is 0.820. The Morgan fingerprint density at radius 2 is 1.81 bits per heavy atom. The van der Waals surface area contributed by atoms with Gasteiger partial charge in [-0.25, -0.2) is 4.98 Å². The molecule has 0 saturated carbocycles. The van der Waals surface area contributed by atoms with Crippen molar-refractivity contribution in [3.63, 3.8) is 0 Å². The average molecular weight is 232 g/mol. The van der Waals surface area contributed by atoms with Crippen molar-refractivity contribution in [3.8, 4) is 11.3 Å². The first kappa shape index (κ1) is 11.1. The lowest BCUT2D eigenvalue weighted by Gasteiger charge is -2.00. The van der Waals surface area contributed by atoms with E-state index in [1.54, 1.807) is 11.3 Å². The second-order valence-corrected chi connectivity index (χ2v) is 4.84. The second-order valence-electron chi connectivity index (χ2n) is 3.72. The van der Waals surface area contributed by atoms with Crippen LogP contribution in [0.15, 0.2) is 24.3 Å². The molecule has 0 fully saturated rings. The predicted octanol–water partition coefficient (Wildman–Crippen LogP) is 3.52. The van der Waals surface area contributed by atoms with Gasteiger partial charge >= 0.3 is 0 Å². The summed E-state index contributed by atoms with van der Waals surface area (Å²) >= 11 is 1.59. The molecular weight excluding hydrogens is 216 g/mol. The lowest BCUT2D eigenvalue weighted by Crippen LogP contribution is -1.87. The van der Waals surface area contributed by atoms with Gasteiger partial charge in [0, 0.05) is 5.56 Å². The van der Waals surface area contributed by atoms with Crippen LogP contribution in [-0.2, 0) is 12.8 Å². The molecule has 2 rings (SSSR count). The Bertz CT molecular complexity index is 471. The molecule has 0 aliphatic rings. The number of rotatable bonds is 3. The van der Waals surface area contributed by atoms with Crippen molar-refractivity contribution in [3.05, 3.63) is 34.8 Å². The molecule has 0 unspecified atom stereocenters. The van der Waals surface area contributed by atoms with Crippen LogP contribution in [0, 0.1) is 0 Å². The molecule has 2 N–H and O–H groups in total. The summed E-state index contributed by atoms with van der Waals surface area (Å²) in [4.78, 5) is 4.55. The van der Waals surface area contributed by atoms with Gasteiger partial charge in [-0.3, -0.25) is 0 Å². The third kappa shape index (κ3) is 2.09. The summed E-state index contributed by atoms with van der Waals surface area (Å²) in [6.45, 7) is 4.25. The zero-order chi connectivity index (χ0) is 11.5. The molecule has 0 aliphatic carbocycles. The van der Waals surface area contributed by atoms with E-state index in [0.29, 0.717) is 0 Å². The quantitative estimate of drug-likeness (QED) is 0.879. The van der Waals surface area contributed by atoms with Crippen LogP contribution in [0.3, 0.4) is 0 Å². The lowest BCUT2D eigenvalue weighted by atomic mass is 10.1. The van der Waals surface area contributed by atoms with Crippen molar-refractivity contribution in [1.82, 2.24) is 4.98 Å². The van der Waals surface area contributed by atoms with Crippen LogP contribution < -0.4 is 5.73 Å². The highest BCUT2D eigenvalue weighted by atomic mass is 32.1. The highest BCUT2D eigenvalue weighted by Crippen LogP contribution is 2.30. The van der Waals surface area contributed by atoms with E-state index in [9.17, 15) is 0 Å². The van der Waals surface area contributed by atoms with Gasteiger partial charge in [0.05, 0.1) is 5.01 Å². The number of hydrogen-bond acceptors (Lipinski definition) is 3. The Morgan fingerprint density at radius 3 is 2.31 bits per heavy atom. The van der Waals surface area contributed by atoms with Crippen LogP contribution in [-0.4, -0.2) is 4.98 Å². The van der Waals surface area contributed by atoms with Gasteiger partial charge in [-0.05, 0) is 18.4 Å². The molecule has 16 heavy (non-hydrogen) atoms. The van der Waals surface area contributed by atoms with Gasteiger partial charge < -0.3 is 5.73 Å². The molecule has 1 heterocycles. The van der Waals surface area contributed by atoms with E-state index in [-0.39, 0.29) is 0 Å². The number of aromatic nitrogens is 1. The van der Waals surface area contributed by atoms with E-state index in [2.05, 4.69) is 43.1 Å². The Balaban J connectivity index is 2.38. The van der Waals surface area contributed by atoms with Gasteiger partial charge in [-0.1, -0.05) is 38.1 Å². The SMILES string of the molecule is CCc1ccc(-c2nc(CC)sc2N)cc1. The first-order chi connectivity index (χ1) is 7.74. The van der Waals surface area contributed by atoms with Crippen LogP contribution in [0.1, 0.15) is 24.4 Å². The largest absolute Gasteiger partial charge is 0.389 e. The monoisotopic (exact) mass is 232 g/mol. The van der Waals surface area contributed by atoms with E-state index in [1.807, 2.05) is 0 Å². The molecule has 0 bridgehead atoms. The van der Waals surface area contributed by atoms with Crippen LogP contribution in [0.4, 0.5) is 5.00 Å². The summed E-state index contributed by atoms with van der Waals surface area (Å²) in [5.41, 5.74) is 9.37. The first-order valence-corrected chi connectivity index (χ1v) is 6.40. The molecule has 2 nitrogen and oxygen atoms in total. The number of nitrogens with two attached hydrogens (primary N) is 1. The molecule has 0 saturated heterocycles. The molecule has 3 heteroatoms. The predicted molar refractivity (Wildman–Crippen MR) is 70.7 cm³/mol. The number of nitrogen functional groups attached to an aromatic ring is 1. The Kier molecular flexibility index (Phi) is 3.25. The van der Waals surface area contributed by atoms with E-state index in [0.717, 1.165) is 34.1 Å². The molecule has 0 amide bonds. The third-order valence-electron chi connectivity index (χ3n) is 2.64. The Hall–Kier alpha value is -1.35. The lowest BCUT2D eigenvalue weighted by molar-refractivity contribution is 1.10. The van der Waals surface area contributed by atoms with Crippen LogP contribution in [0.2, 0.25) is 0 Å². The fourth-order valence-corrected chi connectivity index (χ4v) is 2.43. The molecule has 1 aromatic heterocycles. The minimum Gasteiger partial charge on any atom is -0.389 e. The van der Waals surface area contributed by atoms with E-state index in [4.69, 9.17) is 5.73 Å². The molecule has 2 aromatic rings. The molecule has 84 valence electrons. The maximum absolute atomic E-state index is 5.98. The highest BCUT2D eigenvalue weighted by Gasteiger charge is 2.09. The minimum atomic E-state index is 0.820. The summed E-state index contributed by atoms with van der Waals surface area (Å²) in [7, 11) is 0. The van der Waals surface area contributed by atoms with Gasteiger partial charge in [0.2, 0.25) is 0 Å². The summed E-state index contributed by atoms with van der Waals surface area (Å²) in [6, 6.07) is 8.48. The molecule has 0 spiro atoms. The fourth-order valence-electron chi connectivity index (χ4n) is 1.63. The van der Waals surface area contributed by atoms with E-state index < -0.39 is 0 Å².